The van der Waals surface area contributed by atoms with Crippen LogP contribution in [0.1, 0.15) is 11.7 Å². The van der Waals surface area contributed by atoms with Crippen LogP contribution in [0.25, 0.3) is 0 Å². The quantitative estimate of drug-likeness (QED) is 0.586. The topological polar surface area (TPSA) is 20.2 Å². The molecule has 1 rings (SSSR count). The average Bonchev–Trinajstić information content (AvgIpc) is 2.04. The highest BCUT2D eigenvalue weighted by atomic mass is 127. The smallest absolute Gasteiger partial charge is 0.0998 e. The van der Waals surface area contributed by atoms with Crippen LogP contribution in [0, 0.1) is 0 Å². The van der Waals surface area contributed by atoms with Gasteiger partial charge in [0.1, 0.15) is 0 Å². The van der Waals surface area contributed by atoms with Crippen molar-refractivity contribution < 1.29 is 5.11 Å². The summed E-state index contributed by atoms with van der Waals surface area (Å²) in [6.07, 6.45) is -0.413. The van der Waals surface area contributed by atoms with E-state index in [1.807, 2.05) is 12.1 Å². The molecule has 0 spiro atoms. The minimum Gasteiger partial charge on any atom is -0.386 e. The van der Waals surface area contributed by atoms with Crippen molar-refractivity contribution in [3.63, 3.8) is 0 Å². The lowest BCUT2D eigenvalue weighted by Crippen LogP contribution is -2.03. The predicted molar refractivity (Wildman–Crippen MR) is 68.2 cm³/mol. The van der Waals surface area contributed by atoms with Crippen LogP contribution < -0.4 is 0 Å². The molecule has 0 heterocycles. The van der Waals surface area contributed by atoms with Crippen LogP contribution in [0.5, 0.6) is 0 Å². The summed E-state index contributed by atoms with van der Waals surface area (Å²) in [4.78, 5) is 0. The molecule has 12 heavy (non-hydrogen) atoms. The summed E-state index contributed by atoms with van der Waals surface area (Å²) in [6, 6.07) is 7.26. The number of halogens is 3. The Balaban J connectivity index is 2.82. The number of alkyl halides is 2. The van der Waals surface area contributed by atoms with Gasteiger partial charge in [0.25, 0.3) is 0 Å². The molecule has 0 aliphatic carbocycles. The van der Waals surface area contributed by atoms with Gasteiger partial charge in [-0.25, -0.2) is 0 Å². The fourth-order valence-electron chi connectivity index (χ4n) is 0.805. The van der Waals surface area contributed by atoms with Crippen LogP contribution in [0.4, 0.5) is 0 Å². The summed E-state index contributed by atoms with van der Waals surface area (Å²) >= 11 is 10.1. The van der Waals surface area contributed by atoms with E-state index in [0.29, 0.717) is 5.02 Å². The zero-order valence-corrected chi connectivity index (χ0v) is 11.1. The molecule has 0 amide bonds. The van der Waals surface area contributed by atoms with E-state index < -0.39 is 6.10 Å². The third-order valence-electron chi connectivity index (χ3n) is 1.45. The van der Waals surface area contributed by atoms with Gasteiger partial charge in [-0.15, -0.1) is 0 Å². The van der Waals surface area contributed by atoms with Crippen LogP contribution in [0.15, 0.2) is 24.3 Å². The van der Waals surface area contributed by atoms with Crippen molar-refractivity contribution >= 4 is 56.8 Å². The molecule has 0 aromatic heterocycles. The van der Waals surface area contributed by atoms with Crippen molar-refractivity contribution in [2.24, 2.45) is 0 Å². The summed E-state index contributed by atoms with van der Waals surface area (Å²) in [7, 11) is 0. The standard InChI is InChI=1S/C8H7ClI2O/c9-6-3-1-5(2-4-6)7(12)8(10)11/h1-4,7-8,12H. The van der Waals surface area contributed by atoms with Gasteiger partial charge in [0, 0.05) is 5.02 Å². The van der Waals surface area contributed by atoms with Crippen molar-refractivity contribution in [2.45, 2.75) is 8.04 Å². The first kappa shape index (κ1) is 11.0. The fourth-order valence-corrected chi connectivity index (χ4v) is 1.76. The van der Waals surface area contributed by atoms with Crippen molar-refractivity contribution in [1.82, 2.24) is 0 Å². The molecule has 1 unspecified atom stereocenters. The third kappa shape index (κ3) is 3.01. The fraction of sp³-hybridized carbons (Fsp3) is 0.250. The van der Waals surface area contributed by atoms with Gasteiger partial charge in [-0.2, -0.15) is 0 Å². The maximum Gasteiger partial charge on any atom is 0.0998 e. The van der Waals surface area contributed by atoms with Gasteiger partial charge in [0.05, 0.1) is 8.04 Å². The zero-order valence-electron chi connectivity index (χ0n) is 6.05. The minimum absolute atomic E-state index is 0.182. The van der Waals surface area contributed by atoms with E-state index in [9.17, 15) is 5.11 Å². The van der Waals surface area contributed by atoms with Crippen LogP contribution in [0.3, 0.4) is 0 Å². The first-order valence-corrected chi connectivity index (χ1v) is 6.20. The van der Waals surface area contributed by atoms with Gasteiger partial charge >= 0.3 is 0 Å². The van der Waals surface area contributed by atoms with Crippen molar-refractivity contribution in [1.29, 1.82) is 0 Å². The molecular weight excluding hydrogens is 401 g/mol. The molecule has 4 heteroatoms. The largest absolute Gasteiger partial charge is 0.386 e. The highest BCUT2D eigenvalue weighted by molar-refractivity contribution is 14.2. The summed E-state index contributed by atoms with van der Waals surface area (Å²) in [6.45, 7) is 0. The Labute approximate surface area is 104 Å². The van der Waals surface area contributed by atoms with E-state index in [2.05, 4.69) is 45.2 Å². The Morgan fingerprint density at radius 2 is 1.67 bits per heavy atom. The van der Waals surface area contributed by atoms with E-state index in [4.69, 9.17) is 11.6 Å². The highest BCUT2D eigenvalue weighted by Gasteiger charge is 2.13. The Morgan fingerprint density at radius 1 is 1.17 bits per heavy atom. The van der Waals surface area contributed by atoms with Crippen molar-refractivity contribution in [3.05, 3.63) is 34.9 Å². The van der Waals surface area contributed by atoms with E-state index in [1.165, 1.54) is 0 Å². The number of hydrogen-bond donors (Lipinski definition) is 1. The molecule has 1 atom stereocenters. The maximum atomic E-state index is 9.63. The SMILES string of the molecule is OC(c1ccc(Cl)cc1)C(I)I. The number of rotatable bonds is 2. The summed E-state index contributed by atoms with van der Waals surface area (Å²) in [5.41, 5.74) is 0.910. The lowest BCUT2D eigenvalue weighted by Gasteiger charge is -2.11. The normalized spacial score (nSPS) is 13.4. The van der Waals surface area contributed by atoms with Crippen molar-refractivity contribution in [2.75, 3.05) is 0 Å². The molecule has 66 valence electrons. The molecule has 1 aromatic carbocycles. The molecule has 0 bridgehead atoms. The first-order chi connectivity index (χ1) is 5.61. The summed E-state index contributed by atoms with van der Waals surface area (Å²) in [5, 5.41) is 10.3. The van der Waals surface area contributed by atoms with Gasteiger partial charge in [-0.3, -0.25) is 0 Å². The van der Waals surface area contributed by atoms with E-state index >= 15 is 0 Å². The summed E-state index contributed by atoms with van der Waals surface area (Å²) < 4.78 is 0.182. The highest BCUT2D eigenvalue weighted by Crippen LogP contribution is 2.28. The van der Waals surface area contributed by atoms with Gasteiger partial charge in [0.15, 0.2) is 0 Å². The molecule has 0 aliphatic heterocycles. The molecule has 0 aliphatic rings. The third-order valence-corrected chi connectivity index (χ3v) is 3.06. The Kier molecular flexibility index (Phi) is 4.56. The number of aliphatic hydroxyl groups is 1. The Bertz CT molecular complexity index is 248. The molecular formula is C8H7ClI2O. The van der Waals surface area contributed by atoms with Gasteiger partial charge in [-0.1, -0.05) is 68.9 Å². The number of benzene rings is 1. The van der Waals surface area contributed by atoms with E-state index in [0.717, 1.165) is 5.56 Å². The van der Waals surface area contributed by atoms with Crippen LogP contribution >= 0.6 is 56.8 Å². The van der Waals surface area contributed by atoms with Crippen LogP contribution in [0.2, 0.25) is 5.02 Å². The second-order valence-corrected chi connectivity index (χ2v) is 7.83. The molecule has 0 saturated carbocycles. The maximum absolute atomic E-state index is 9.63. The first-order valence-electron chi connectivity index (χ1n) is 3.33. The average molecular weight is 408 g/mol. The second kappa shape index (κ2) is 4.97. The molecule has 1 N–H and O–H groups in total. The van der Waals surface area contributed by atoms with Crippen LogP contribution in [-0.4, -0.2) is 7.04 Å². The van der Waals surface area contributed by atoms with Gasteiger partial charge in [-0.05, 0) is 17.7 Å². The predicted octanol–water partition coefficient (Wildman–Crippen LogP) is 3.57. The zero-order chi connectivity index (χ0) is 9.14. The molecule has 0 fully saturated rings. The lowest BCUT2D eigenvalue weighted by molar-refractivity contribution is 0.203. The van der Waals surface area contributed by atoms with Gasteiger partial charge < -0.3 is 5.11 Å². The van der Waals surface area contributed by atoms with Crippen LogP contribution in [-0.2, 0) is 0 Å². The molecule has 1 aromatic rings. The van der Waals surface area contributed by atoms with Crippen molar-refractivity contribution in [3.8, 4) is 0 Å². The lowest BCUT2D eigenvalue weighted by atomic mass is 10.1. The van der Waals surface area contributed by atoms with E-state index in [-0.39, 0.29) is 1.93 Å². The second-order valence-electron chi connectivity index (χ2n) is 2.33. The molecule has 0 saturated heterocycles. The Hall–Kier alpha value is 0.930. The Morgan fingerprint density at radius 3 is 2.08 bits per heavy atom. The molecule has 1 nitrogen and oxygen atoms in total. The monoisotopic (exact) mass is 408 g/mol. The minimum atomic E-state index is -0.413. The molecule has 0 radical (unpaired) electrons. The summed E-state index contributed by atoms with van der Waals surface area (Å²) in [5.74, 6) is 0. The number of hydrogen-bond acceptors (Lipinski definition) is 1. The van der Waals surface area contributed by atoms with E-state index in [1.54, 1.807) is 12.1 Å². The number of aliphatic hydroxyl groups excluding tert-OH is 1. The van der Waals surface area contributed by atoms with Gasteiger partial charge in [0.2, 0.25) is 0 Å².